The van der Waals surface area contributed by atoms with Crippen molar-refractivity contribution < 1.29 is 19.1 Å². The number of hydrogen-bond donors (Lipinski definition) is 2. The van der Waals surface area contributed by atoms with Crippen molar-refractivity contribution in [3.63, 3.8) is 0 Å². The Morgan fingerprint density at radius 3 is 2.38 bits per heavy atom. The fourth-order valence-corrected chi connectivity index (χ4v) is 2.30. The van der Waals surface area contributed by atoms with Crippen molar-refractivity contribution in [3.8, 4) is 5.75 Å². The molecule has 0 aliphatic carbocycles. The first-order valence-corrected chi connectivity index (χ1v) is 8.47. The molecule has 6 nitrogen and oxygen atoms in total. The molecule has 2 aromatic rings. The van der Waals surface area contributed by atoms with Gasteiger partial charge < -0.3 is 20.1 Å². The molecule has 0 unspecified atom stereocenters. The molecule has 2 N–H and O–H groups in total. The SMILES string of the molecule is COC(=O)c1ccc(NCCC(=O)Nc2ccccc2OC(C)C)cc1. The van der Waals surface area contributed by atoms with E-state index in [1.165, 1.54) is 7.11 Å². The Labute approximate surface area is 153 Å². The van der Waals surface area contributed by atoms with E-state index in [1.807, 2.05) is 38.1 Å². The number of amides is 1. The second kappa shape index (κ2) is 9.46. The number of anilines is 2. The molecule has 0 fully saturated rings. The molecule has 0 spiro atoms. The summed E-state index contributed by atoms with van der Waals surface area (Å²) in [5.74, 6) is 0.170. The van der Waals surface area contributed by atoms with Gasteiger partial charge in [0.1, 0.15) is 5.75 Å². The summed E-state index contributed by atoms with van der Waals surface area (Å²) >= 11 is 0. The van der Waals surface area contributed by atoms with E-state index in [0.717, 1.165) is 5.69 Å². The lowest BCUT2D eigenvalue weighted by Gasteiger charge is -2.15. The summed E-state index contributed by atoms with van der Waals surface area (Å²) in [6.07, 6.45) is 0.331. The van der Waals surface area contributed by atoms with E-state index < -0.39 is 0 Å². The van der Waals surface area contributed by atoms with Crippen LogP contribution in [0, 0.1) is 0 Å². The summed E-state index contributed by atoms with van der Waals surface area (Å²) in [5.41, 5.74) is 1.97. The van der Waals surface area contributed by atoms with Gasteiger partial charge in [-0.15, -0.1) is 0 Å². The van der Waals surface area contributed by atoms with E-state index in [-0.39, 0.29) is 18.0 Å². The van der Waals surface area contributed by atoms with E-state index in [4.69, 9.17) is 4.74 Å². The van der Waals surface area contributed by atoms with Crippen LogP contribution in [0.2, 0.25) is 0 Å². The predicted molar refractivity (Wildman–Crippen MR) is 102 cm³/mol. The maximum atomic E-state index is 12.2. The summed E-state index contributed by atoms with van der Waals surface area (Å²) in [6, 6.07) is 14.3. The van der Waals surface area contributed by atoms with Gasteiger partial charge in [0, 0.05) is 18.7 Å². The molecular formula is C20H24N2O4. The number of esters is 1. The van der Waals surface area contributed by atoms with Crippen LogP contribution >= 0.6 is 0 Å². The molecule has 0 bridgehead atoms. The zero-order chi connectivity index (χ0) is 18.9. The van der Waals surface area contributed by atoms with Crippen LogP contribution in [0.15, 0.2) is 48.5 Å². The van der Waals surface area contributed by atoms with Crippen molar-refractivity contribution in [2.75, 3.05) is 24.3 Å². The molecule has 0 radical (unpaired) electrons. The number of ether oxygens (including phenoxy) is 2. The van der Waals surface area contributed by atoms with Crippen molar-refractivity contribution in [2.24, 2.45) is 0 Å². The Morgan fingerprint density at radius 1 is 1.04 bits per heavy atom. The second-order valence-corrected chi connectivity index (χ2v) is 5.96. The maximum Gasteiger partial charge on any atom is 0.337 e. The van der Waals surface area contributed by atoms with Gasteiger partial charge >= 0.3 is 5.97 Å². The van der Waals surface area contributed by atoms with Crippen molar-refractivity contribution in [3.05, 3.63) is 54.1 Å². The van der Waals surface area contributed by atoms with Crippen LogP contribution in [0.1, 0.15) is 30.6 Å². The van der Waals surface area contributed by atoms with Gasteiger partial charge in [0.05, 0.1) is 24.5 Å². The third-order valence-corrected chi connectivity index (χ3v) is 3.51. The Balaban J connectivity index is 1.83. The second-order valence-electron chi connectivity index (χ2n) is 5.96. The first kappa shape index (κ1) is 19.3. The normalized spacial score (nSPS) is 10.3. The standard InChI is InChI=1S/C20H24N2O4/c1-14(2)26-18-7-5-4-6-17(18)22-19(23)12-13-21-16-10-8-15(9-11-16)20(24)25-3/h4-11,14,21H,12-13H2,1-3H3,(H,22,23). The third-order valence-electron chi connectivity index (χ3n) is 3.51. The number of carbonyl (C=O) groups is 2. The summed E-state index contributed by atoms with van der Waals surface area (Å²) in [5, 5.41) is 6.02. The van der Waals surface area contributed by atoms with Crippen LogP contribution in [0.5, 0.6) is 5.75 Å². The highest BCUT2D eigenvalue weighted by atomic mass is 16.5. The highest BCUT2D eigenvalue weighted by molar-refractivity contribution is 5.92. The number of carbonyl (C=O) groups excluding carboxylic acids is 2. The van der Waals surface area contributed by atoms with Gasteiger partial charge in [0.2, 0.25) is 5.91 Å². The van der Waals surface area contributed by atoms with E-state index >= 15 is 0 Å². The summed E-state index contributed by atoms with van der Waals surface area (Å²) < 4.78 is 10.3. The molecule has 0 aliphatic heterocycles. The summed E-state index contributed by atoms with van der Waals surface area (Å²) in [4.78, 5) is 23.5. The Hall–Kier alpha value is -3.02. The maximum absolute atomic E-state index is 12.2. The van der Waals surface area contributed by atoms with E-state index in [2.05, 4.69) is 15.4 Å². The summed E-state index contributed by atoms with van der Waals surface area (Å²) in [7, 11) is 1.34. The Kier molecular flexibility index (Phi) is 7.02. The van der Waals surface area contributed by atoms with E-state index in [9.17, 15) is 9.59 Å². The molecule has 0 saturated heterocycles. The molecule has 138 valence electrons. The van der Waals surface area contributed by atoms with Gasteiger partial charge in [0.15, 0.2) is 0 Å². The van der Waals surface area contributed by atoms with Crippen molar-refractivity contribution in [1.82, 2.24) is 0 Å². The minimum Gasteiger partial charge on any atom is -0.489 e. The first-order valence-electron chi connectivity index (χ1n) is 8.47. The molecule has 0 heterocycles. The molecule has 0 atom stereocenters. The minimum absolute atomic E-state index is 0.0303. The highest BCUT2D eigenvalue weighted by Crippen LogP contribution is 2.24. The van der Waals surface area contributed by atoms with Crippen LogP contribution in [-0.4, -0.2) is 31.6 Å². The quantitative estimate of drug-likeness (QED) is 0.705. The highest BCUT2D eigenvalue weighted by Gasteiger charge is 2.09. The Bertz CT molecular complexity index is 742. The van der Waals surface area contributed by atoms with Gasteiger partial charge in [-0.05, 0) is 50.2 Å². The molecule has 0 aliphatic rings. The van der Waals surface area contributed by atoms with Gasteiger partial charge in [-0.1, -0.05) is 12.1 Å². The number of hydrogen-bond acceptors (Lipinski definition) is 5. The smallest absolute Gasteiger partial charge is 0.337 e. The van der Waals surface area contributed by atoms with Gasteiger partial charge in [-0.2, -0.15) is 0 Å². The molecular weight excluding hydrogens is 332 g/mol. The zero-order valence-corrected chi connectivity index (χ0v) is 15.2. The van der Waals surface area contributed by atoms with Gasteiger partial charge in [0.25, 0.3) is 0 Å². The average molecular weight is 356 g/mol. The topological polar surface area (TPSA) is 76.7 Å². The third kappa shape index (κ3) is 5.81. The van der Waals surface area contributed by atoms with Gasteiger partial charge in [-0.25, -0.2) is 4.79 Å². The number of benzene rings is 2. The number of para-hydroxylation sites is 2. The van der Waals surface area contributed by atoms with E-state index in [0.29, 0.717) is 30.0 Å². The van der Waals surface area contributed by atoms with Gasteiger partial charge in [-0.3, -0.25) is 4.79 Å². The fourth-order valence-electron chi connectivity index (χ4n) is 2.30. The molecule has 1 amide bonds. The molecule has 2 aromatic carbocycles. The molecule has 26 heavy (non-hydrogen) atoms. The predicted octanol–water partition coefficient (Wildman–Crippen LogP) is 3.70. The lowest BCUT2D eigenvalue weighted by molar-refractivity contribution is -0.116. The van der Waals surface area contributed by atoms with Crippen LogP contribution in [0.25, 0.3) is 0 Å². The number of nitrogens with one attached hydrogen (secondary N) is 2. The lowest BCUT2D eigenvalue weighted by atomic mass is 10.2. The van der Waals surface area contributed by atoms with Crippen LogP contribution < -0.4 is 15.4 Å². The molecule has 0 saturated carbocycles. The first-order chi connectivity index (χ1) is 12.5. The van der Waals surface area contributed by atoms with Crippen LogP contribution in [0.4, 0.5) is 11.4 Å². The number of rotatable bonds is 8. The average Bonchev–Trinajstić information content (AvgIpc) is 2.63. The fraction of sp³-hybridized carbons (Fsp3) is 0.300. The monoisotopic (exact) mass is 356 g/mol. The van der Waals surface area contributed by atoms with Crippen LogP contribution in [0.3, 0.4) is 0 Å². The summed E-state index contributed by atoms with van der Waals surface area (Å²) in [6.45, 7) is 4.35. The zero-order valence-electron chi connectivity index (χ0n) is 15.2. The molecule has 0 aromatic heterocycles. The van der Waals surface area contributed by atoms with Crippen molar-refractivity contribution in [1.29, 1.82) is 0 Å². The van der Waals surface area contributed by atoms with Crippen molar-refractivity contribution >= 4 is 23.3 Å². The largest absolute Gasteiger partial charge is 0.489 e. The molecule has 6 heteroatoms. The Morgan fingerprint density at radius 2 is 1.73 bits per heavy atom. The van der Waals surface area contributed by atoms with Crippen LogP contribution in [-0.2, 0) is 9.53 Å². The van der Waals surface area contributed by atoms with Crippen molar-refractivity contribution in [2.45, 2.75) is 26.4 Å². The van der Waals surface area contributed by atoms with E-state index in [1.54, 1.807) is 24.3 Å². The lowest BCUT2D eigenvalue weighted by Crippen LogP contribution is -2.17. The minimum atomic E-state index is -0.377. The number of methoxy groups -OCH3 is 1. The molecule has 2 rings (SSSR count).